The molecule has 0 radical (unpaired) electrons. The number of anilines is 1. The van der Waals surface area contributed by atoms with E-state index in [0.29, 0.717) is 19.5 Å². The molecule has 0 spiro atoms. The van der Waals surface area contributed by atoms with E-state index in [1.165, 1.54) is 4.31 Å². The second-order valence-corrected chi connectivity index (χ2v) is 8.00. The number of fused-ring (bicyclic) bond motifs is 1. The average Bonchev–Trinajstić information content (AvgIpc) is 3.07. The monoisotopic (exact) mass is 325 g/mol. The van der Waals surface area contributed by atoms with Crippen LogP contribution in [-0.4, -0.2) is 48.6 Å². The van der Waals surface area contributed by atoms with Gasteiger partial charge >= 0.3 is 0 Å². The Bertz CT molecular complexity index is 655. The Morgan fingerprint density at radius 2 is 2.23 bits per heavy atom. The van der Waals surface area contributed by atoms with Crippen molar-refractivity contribution in [3.63, 3.8) is 0 Å². The van der Waals surface area contributed by atoms with Gasteiger partial charge in [0.25, 0.3) is 0 Å². The van der Waals surface area contributed by atoms with Gasteiger partial charge in [0.2, 0.25) is 10.0 Å². The standard InChI is InChI=1S/C14H23N5O2S/c1-3-22(20,21)19-8-6-10-12(9-19)17-14(18-13(10)15-2)11-5-4-7-16-11/h11,16H,3-9H2,1-2H3,(H,15,17,18)/t11-/m0/s1. The van der Waals surface area contributed by atoms with E-state index in [4.69, 9.17) is 0 Å². The molecule has 2 N–H and O–H groups in total. The second-order valence-electron chi connectivity index (χ2n) is 5.74. The van der Waals surface area contributed by atoms with Crippen LogP contribution in [0.1, 0.15) is 42.9 Å². The summed E-state index contributed by atoms with van der Waals surface area (Å²) < 4.78 is 25.8. The van der Waals surface area contributed by atoms with E-state index < -0.39 is 10.0 Å². The highest BCUT2D eigenvalue weighted by Crippen LogP contribution is 2.28. The third-order valence-electron chi connectivity index (χ3n) is 4.41. The quantitative estimate of drug-likeness (QED) is 0.845. The molecule has 0 amide bonds. The van der Waals surface area contributed by atoms with Crippen molar-refractivity contribution in [3.8, 4) is 0 Å². The van der Waals surface area contributed by atoms with Crippen LogP contribution in [0.25, 0.3) is 0 Å². The first kappa shape index (κ1) is 15.6. The lowest BCUT2D eigenvalue weighted by Gasteiger charge is -2.28. The molecule has 0 aromatic carbocycles. The minimum Gasteiger partial charge on any atom is -0.373 e. The van der Waals surface area contributed by atoms with Gasteiger partial charge in [-0.05, 0) is 32.7 Å². The lowest BCUT2D eigenvalue weighted by molar-refractivity contribution is 0.384. The van der Waals surface area contributed by atoms with Crippen molar-refractivity contribution in [2.45, 2.75) is 38.8 Å². The molecule has 7 nitrogen and oxygen atoms in total. The normalized spacial score (nSPS) is 22.5. The molecule has 1 fully saturated rings. The largest absolute Gasteiger partial charge is 0.373 e. The molecule has 1 aromatic heterocycles. The molecule has 1 aromatic rings. The fraction of sp³-hybridized carbons (Fsp3) is 0.714. The van der Waals surface area contributed by atoms with Crippen LogP contribution in [0.4, 0.5) is 5.82 Å². The lowest BCUT2D eigenvalue weighted by atomic mass is 10.1. The van der Waals surface area contributed by atoms with Gasteiger partial charge < -0.3 is 10.6 Å². The number of aromatic nitrogens is 2. The van der Waals surface area contributed by atoms with Gasteiger partial charge in [0, 0.05) is 19.2 Å². The van der Waals surface area contributed by atoms with Gasteiger partial charge in [0.05, 0.1) is 24.0 Å². The Morgan fingerprint density at radius 1 is 1.41 bits per heavy atom. The Labute approximate surface area is 131 Å². The zero-order valence-electron chi connectivity index (χ0n) is 13.1. The molecule has 1 saturated heterocycles. The van der Waals surface area contributed by atoms with Gasteiger partial charge in [-0.15, -0.1) is 0 Å². The number of nitrogens with zero attached hydrogens (tertiary/aromatic N) is 3. The first-order valence-electron chi connectivity index (χ1n) is 7.83. The first-order chi connectivity index (χ1) is 10.5. The van der Waals surface area contributed by atoms with Crippen LogP contribution < -0.4 is 10.6 Å². The highest BCUT2D eigenvalue weighted by Gasteiger charge is 2.30. The summed E-state index contributed by atoms with van der Waals surface area (Å²) in [6.45, 7) is 3.51. The highest BCUT2D eigenvalue weighted by molar-refractivity contribution is 7.89. The number of hydrogen-bond acceptors (Lipinski definition) is 6. The molecule has 122 valence electrons. The maximum atomic E-state index is 12.1. The lowest BCUT2D eigenvalue weighted by Crippen LogP contribution is -2.38. The van der Waals surface area contributed by atoms with Crippen molar-refractivity contribution in [2.24, 2.45) is 0 Å². The minimum absolute atomic E-state index is 0.128. The van der Waals surface area contributed by atoms with Crippen molar-refractivity contribution < 1.29 is 8.42 Å². The van der Waals surface area contributed by atoms with Crippen molar-refractivity contribution >= 4 is 15.8 Å². The van der Waals surface area contributed by atoms with Crippen molar-refractivity contribution in [2.75, 3.05) is 31.2 Å². The molecule has 0 bridgehead atoms. The predicted octanol–water partition coefficient (Wildman–Crippen LogP) is 0.651. The highest BCUT2D eigenvalue weighted by atomic mass is 32.2. The molecule has 8 heteroatoms. The van der Waals surface area contributed by atoms with E-state index in [-0.39, 0.29) is 11.8 Å². The van der Waals surface area contributed by atoms with Gasteiger partial charge in [-0.2, -0.15) is 4.31 Å². The summed E-state index contributed by atoms with van der Waals surface area (Å²) in [5, 5.41) is 6.54. The van der Waals surface area contributed by atoms with Gasteiger partial charge in [0.15, 0.2) is 0 Å². The summed E-state index contributed by atoms with van der Waals surface area (Å²) in [4.78, 5) is 9.32. The van der Waals surface area contributed by atoms with Crippen LogP contribution in [0.2, 0.25) is 0 Å². The molecule has 0 saturated carbocycles. The predicted molar refractivity (Wildman–Crippen MR) is 85.1 cm³/mol. The van der Waals surface area contributed by atoms with Crippen LogP contribution in [0.5, 0.6) is 0 Å². The molecule has 3 heterocycles. The van der Waals surface area contributed by atoms with Gasteiger partial charge in [-0.3, -0.25) is 0 Å². The molecule has 2 aliphatic heterocycles. The molecular weight excluding hydrogens is 302 g/mol. The van der Waals surface area contributed by atoms with E-state index in [2.05, 4.69) is 20.6 Å². The van der Waals surface area contributed by atoms with E-state index >= 15 is 0 Å². The summed E-state index contributed by atoms with van der Waals surface area (Å²) in [5.41, 5.74) is 1.89. The summed E-state index contributed by atoms with van der Waals surface area (Å²) in [7, 11) is -1.33. The van der Waals surface area contributed by atoms with E-state index in [1.54, 1.807) is 6.92 Å². The average molecular weight is 325 g/mol. The Hall–Kier alpha value is -1.25. The minimum atomic E-state index is -3.18. The fourth-order valence-corrected chi connectivity index (χ4v) is 4.17. The summed E-state index contributed by atoms with van der Waals surface area (Å²) >= 11 is 0. The SMILES string of the molecule is CCS(=O)(=O)N1CCc2c(nc([C@@H]3CCCN3)nc2NC)C1. The van der Waals surface area contributed by atoms with Crippen LogP contribution in [0.15, 0.2) is 0 Å². The van der Waals surface area contributed by atoms with Gasteiger partial charge in [-0.1, -0.05) is 0 Å². The Morgan fingerprint density at radius 3 is 2.86 bits per heavy atom. The van der Waals surface area contributed by atoms with Crippen LogP contribution >= 0.6 is 0 Å². The van der Waals surface area contributed by atoms with Crippen molar-refractivity contribution in [1.82, 2.24) is 19.6 Å². The first-order valence-corrected chi connectivity index (χ1v) is 9.44. The number of hydrogen-bond donors (Lipinski definition) is 2. The maximum Gasteiger partial charge on any atom is 0.214 e. The number of sulfonamides is 1. The summed E-state index contributed by atoms with van der Waals surface area (Å²) in [6, 6.07) is 0.176. The smallest absolute Gasteiger partial charge is 0.214 e. The fourth-order valence-electron chi connectivity index (χ4n) is 3.11. The van der Waals surface area contributed by atoms with Crippen LogP contribution in [-0.2, 0) is 23.0 Å². The molecule has 22 heavy (non-hydrogen) atoms. The zero-order valence-corrected chi connectivity index (χ0v) is 13.9. The maximum absolute atomic E-state index is 12.1. The van der Waals surface area contributed by atoms with Gasteiger partial charge in [0.1, 0.15) is 11.6 Å². The Balaban J connectivity index is 1.96. The van der Waals surface area contributed by atoms with E-state index in [0.717, 1.165) is 42.3 Å². The van der Waals surface area contributed by atoms with Gasteiger partial charge in [-0.25, -0.2) is 18.4 Å². The van der Waals surface area contributed by atoms with Crippen molar-refractivity contribution in [3.05, 3.63) is 17.1 Å². The van der Waals surface area contributed by atoms with E-state index in [9.17, 15) is 8.42 Å². The summed E-state index contributed by atoms with van der Waals surface area (Å²) in [5.74, 6) is 1.74. The molecule has 3 rings (SSSR count). The molecule has 0 unspecified atom stereocenters. The second kappa shape index (κ2) is 6.10. The third kappa shape index (κ3) is 2.82. The summed E-state index contributed by atoms with van der Waals surface area (Å²) in [6.07, 6.45) is 2.80. The molecule has 0 aliphatic carbocycles. The Kier molecular flexibility index (Phi) is 4.33. The van der Waals surface area contributed by atoms with Crippen molar-refractivity contribution in [1.29, 1.82) is 0 Å². The zero-order chi connectivity index (χ0) is 15.7. The van der Waals surface area contributed by atoms with E-state index in [1.807, 2.05) is 7.05 Å². The molecular formula is C14H23N5O2S. The number of rotatable bonds is 4. The molecule has 1 atom stereocenters. The third-order valence-corrected chi connectivity index (χ3v) is 6.24. The topological polar surface area (TPSA) is 87.2 Å². The molecule has 2 aliphatic rings. The van der Waals surface area contributed by atoms with Crippen LogP contribution in [0, 0.1) is 0 Å². The number of nitrogens with one attached hydrogen (secondary N) is 2. The van der Waals surface area contributed by atoms with Crippen LogP contribution in [0.3, 0.4) is 0 Å².